The molecule has 0 saturated carbocycles. The number of amides is 3. The van der Waals surface area contributed by atoms with Crippen molar-refractivity contribution in [2.45, 2.75) is 19.4 Å². The molecule has 3 aromatic rings. The Morgan fingerprint density at radius 3 is 2.55 bits per heavy atom. The largest absolute Gasteiger partial charge is 0.453 e. The van der Waals surface area contributed by atoms with Gasteiger partial charge in [0.1, 0.15) is 5.75 Å². The number of ether oxygens (including phenoxy) is 1. The van der Waals surface area contributed by atoms with Gasteiger partial charge >= 0.3 is 6.03 Å². The molecular weight excluding hydrogens is 423 g/mol. The number of nitrogens with zero attached hydrogens (tertiary/aromatic N) is 2. The number of aromatic nitrogens is 1. The third-order valence-electron chi connectivity index (χ3n) is 5.50. The molecule has 0 radical (unpaired) electrons. The first kappa shape index (κ1) is 22.3. The lowest BCUT2D eigenvalue weighted by Crippen LogP contribution is -2.44. The van der Waals surface area contributed by atoms with Crippen molar-refractivity contribution in [2.75, 3.05) is 18.4 Å². The molecule has 8 heteroatoms. The maximum Gasteiger partial charge on any atom is 0.321 e. The molecule has 2 N–H and O–H groups in total. The second-order valence-corrected chi connectivity index (χ2v) is 7.83. The summed E-state index contributed by atoms with van der Waals surface area (Å²) in [4.78, 5) is 30.6. The summed E-state index contributed by atoms with van der Waals surface area (Å²) in [5.74, 6) is -0.234. The molecule has 3 amide bonds. The number of urea groups is 1. The van der Waals surface area contributed by atoms with Crippen molar-refractivity contribution in [3.63, 3.8) is 0 Å². The molecule has 0 atom stereocenters. The van der Waals surface area contributed by atoms with Crippen LogP contribution in [-0.4, -0.2) is 34.9 Å². The Bertz CT molecular complexity index is 1090. The van der Waals surface area contributed by atoms with Crippen LogP contribution in [-0.2, 0) is 11.3 Å². The minimum atomic E-state index is -0.511. The second-order valence-electron chi connectivity index (χ2n) is 7.83. The average Bonchev–Trinajstić information content (AvgIpc) is 2.85. The number of benzene rings is 2. The molecule has 1 saturated heterocycles. The fraction of sp³-hybridized carbons (Fsp3) is 0.240. The maximum absolute atomic E-state index is 14.4. The van der Waals surface area contributed by atoms with Crippen molar-refractivity contribution in [1.82, 2.24) is 15.2 Å². The van der Waals surface area contributed by atoms with Crippen LogP contribution in [0.25, 0.3) is 0 Å². The normalized spacial score (nSPS) is 13.9. The molecule has 0 unspecified atom stereocenters. The molecule has 2 aromatic carbocycles. The lowest BCUT2D eigenvalue weighted by atomic mass is 9.96. The number of nitrogens with one attached hydrogen (secondary N) is 2. The van der Waals surface area contributed by atoms with E-state index in [2.05, 4.69) is 15.6 Å². The molecule has 2 heterocycles. The SMILES string of the molecule is O=C(NCc1ccc(Oc2cccnc2)c(F)c1)C1CCN(C(=O)Nc2ccccc2)CC1. The Kier molecular flexibility index (Phi) is 7.14. The zero-order chi connectivity index (χ0) is 23.0. The fourth-order valence-corrected chi connectivity index (χ4v) is 3.67. The van der Waals surface area contributed by atoms with Gasteiger partial charge in [-0.25, -0.2) is 9.18 Å². The number of piperidine rings is 1. The van der Waals surface area contributed by atoms with Crippen molar-refractivity contribution in [2.24, 2.45) is 5.92 Å². The Hall–Kier alpha value is -3.94. The predicted molar refractivity (Wildman–Crippen MR) is 122 cm³/mol. The molecule has 1 aromatic heterocycles. The molecule has 33 heavy (non-hydrogen) atoms. The van der Waals surface area contributed by atoms with Crippen molar-refractivity contribution in [3.05, 3.63) is 84.4 Å². The van der Waals surface area contributed by atoms with Crippen LogP contribution in [0.15, 0.2) is 73.1 Å². The standard InChI is InChI=1S/C25H25FN4O3/c26-22-15-18(8-9-23(22)33-21-7-4-12-27-17-21)16-28-24(31)19-10-13-30(14-11-19)25(32)29-20-5-2-1-3-6-20/h1-9,12,15,17,19H,10-11,13-14,16H2,(H,28,31)(H,29,32). The first-order valence-corrected chi connectivity index (χ1v) is 10.8. The van der Waals surface area contributed by atoms with E-state index >= 15 is 0 Å². The highest BCUT2D eigenvalue weighted by Gasteiger charge is 2.27. The number of likely N-dealkylation sites (tertiary alicyclic amines) is 1. The second kappa shape index (κ2) is 10.6. The lowest BCUT2D eigenvalue weighted by Gasteiger charge is -2.31. The van der Waals surface area contributed by atoms with Crippen molar-refractivity contribution in [3.8, 4) is 11.5 Å². The van der Waals surface area contributed by atoms with Gasteiger partial charge in [-0.3, -0.25) is 9.78 Å². The smallest absolute Gasteiger partial charge is 0.321 e. The molecule has 1 aliphatic rings. The van der Waals surface area contributed by atoms with Gasteiger partial charge in [0, 0.05) is 37.4 Å². The highest BCUT2D eigenvalue weighted by Crippen LogP contribution is 2.25. The predicted octanol–water partition coefficient (Wildman–Crippen LogP) is 4.57. The maximum atomic E-state index is 14.4. The van der Waals surface area contributed by atoms with E-state index in [-0.39, 0.29) is 30.2 Å². The lowest BCUT2D eigenvalue weighted by molar-refractivity contribution is -0.126. The van der Waals surface area contributed by atoms with Gasteiger partial charge in [0.15, 0.2) is 11.6 Å². The van der Waals surface area contributed by atoms with Crippen molar-refractivity contribution < 1.29 is 18.7 Å². The number of rotatable bonds is 6. The number of pyridine rings is 1. The Morgan fingerprint density at radius 1 is 1.06 bits per heavy atom. The van der Waals surface area contributed by atoms with Crippen molar-refractivity contribution in [1.29, 1.82) is 0 Å². The van der Waals surface area contributed by atoms with Gasteiger partial charge in [0.25, 0.3) is 0 Å². The summed E-state index contributed by atoms with van der Waals surface area (Å²) in [6.07, 6.45) is 4.28. The first-order valence-electron chi connectivity index (χ1n) is 10.8. The van der Waals surface area contributed by atoms with Gasteiger partial charge in [0.2, 0.25) is 5.91 Å². The van der Waals surface area contributed by atoms with E-state index in [1.54, 1.807) is 29.3 Å². The zero-order valence-corrected chi connectivity index (χ0v) is 18.0. The van der Waals surface area contributed by atoms with Gasteiger partial charge in [-0.2, -0.15) is 0 Å². The molecule has 7 nitrogen and oxygen atoms in total. The number of carbonyl (C=O) groups is 2. The third kappa shape index (κ3) is 6.06. The number of carbonyl (C=O) groups excluding carboxylic acids is 2. The minimum absolute atomic E-state index is 0.0887. The highest BCUT2D eigenvalue weighted by molar-refractivity contribution is 5.89. The quantitative estimate of drug-likeness (QED) is 0.579. The van der Waals surface area contributed by atoms with Gasteiger partial charge < -0.3 is 20.3 Å². The topological polar surface area (TPSA) is 83.6 Å². The molecular formula is C25H25FN4O3. The van der Waals surface area contributed by atoms with Crippen LogP contribution in [0.1, 0.15) is 18.4 Å². The van der Waals surface area contributed by atoms with Crippen LogP contribution >= 0.6 is 0 Å². The fourth-order valence-electron chi connectivity index (χ4n) is 3.67. The monoisotopic (exact) mass is 448 g/mol. The number of hydrogen-bond acceptors (Lipinski definition) is 4. The summed E-state index contributed by atoms with van der Waals surface area (Å²) in [6, 6.07) is 17.1. The Morgan fingerprint density at radius 2 is 1.85 bits per heavy atom. The number of anilines is 1. The van der Waals surface area contributed by atoms with Gasteiger partial charge in [-0.05, 0) is 54.8 Å². The summed E-state index contributed by atoms with van der Waals surface area (Å²) >= 11 is 0. The average molecular weight is 448 g/mol. The summed E-state index contributed by atoms with van der Waals surface area (Å²) in [5.41, 5.74) is 1.38. The zero-order valence-electron chi connectivity index (χ0n) is 18.0. The summed E-state index contributed by atoms with van der Waals surface area (Å²) in [6.45, 7) is 1.23. The van der Waals surface area contributed by atoms with E-state index < -0.39 is 5.82 Å². The molecule has 1 aliphatic heterocycles. The van der Waals surface area contributed by atoms with Gasteiger partial charge in [-0.1, -0.05) is 24.3 Å². The number of hydrogen-bond donors (Lipinski definition) is 2. The molecule has 0 bridgehead atoms. The molecule has 0 aliphatic carbocycles. The molecule has 1 fully saturated rings. The van der Waals surface area contributed by atoms with E-state index in [0.717, 1.165) is 5.69 Å². The van der Waals surface area contributed by atoms with Crippen LogP contribution in [0.2, 0.25) is 0 Å². The van der Waals surface area contributed by atoms with E-state index in [0.29, 0.717) is 37.2 Å². The Labute approximate surface area is 191 Å². The highest BCUT2D eigenvalue weighted by atomic mass is 19.1. The number of para-hydroxylation sites is 1. The van der Waals surface area contributed by atoms with Crippen LogP contribution in [0.4, 0.5) is 14.9 Å². The summed E-state index contributed by atoms with van der Waals surface area (Å²) < 4.78 is 19.9. The van der Waals surface area contributed by atoms with E-state index in [1.807, 2.05) is 30.3 Å². The van der Waals surface area contributed by atoms with Crippen LogP contribution in [0.3, 0.4) is 0 Å². The van der Waals surface area contributed by atoms with Crippen LogP contribution in [0, 0.1) is 11.7 Å². The van der Waals surface area contributed by atoms with E-state index in [4.69, 9.17) is 4.74 Å². The van der Waals surface area contributed by atoms with E-state index in [9.17, 15) is 14.0 Å². The van der Waals surface area contributed by atoms with E-state index in [1.165, 1.54) is 18.3 Å². The van der Waals surface area contributed by atoms with Gasteiger partial charge in [-0.15, -0.1) is 0 Å². The minimum Gasteiger partial charge on any atom is -0.453 e. The molecule has 170 valence electrons. The van der Waals surface area contributed by atoms with Crippen LogP contribution < -0.4 is 15.4 Å². The van der Waals surface area contributed by atoms with Gasteiger partial charge in [0.05, 0.1) is 6.20 Å². The molecule has 4 rings (SSSR count). The summed E-state index contributed by atoms with van der Waals surface area (Å²) in [5, 5.41) is 5.74. The van der Waals surface area contributed by atoms with Crippen molar-refractivity contribution >= 4 is 17.6 Å². The number of halogens is 1. The first-order chi connectivity index (χ1) is 16.1. The third-order valence-corrected chi connectivity index (χ3v) is 5.50. The Balaban J connectivity index is 1.23. The molecule has 0 spiro atoms. The summed E-state index contributed by atoms with van der Waals surface area (Å²) in [7, 11) is 0. The van der Waals surface area contributed by atoms with Crippen LogP contribution in [0.5, 0.6) is 11.5 Å².